The molecule has 1 N–H and O–H groups in total. The molecular weight excluding hydrogens is 508 g/mol. The second-order valence-electron chi connectivity index (χ2n) is 8.16. The molecule has 2 aromatic heterocycles. The molecule has 38 heavy (non-hydrogen) atoms. The molecule has 0 bridgehead atoms. The van der Waals surface area contributed by atoms with Crippen LogP contribution in [0.5, 0.6) is 0 Å². The van der Waals surface area contributed by atoms with Crippen molar-refractivity contribution in [3.63, 3.8) is 0 Å². The van der Waals surface area contributed by atoms with E-state index in [4.69, 9.17) is 4.74 Å². The van der Waals surface area contributed by atoms with Gasteiger partial charge in [0.1, 0.15) is 5.00 Å². The van der Waals surface area contributed by atoms with Crippen LogP contribution in [0.1, 0.15) is 38.1 Å². The zero-order chi connectivity index (χ0) is 26.8. The first kappa shape index (κ1) is 24.8. The van der Waals surface area contributed by atoms with Crippen molar-refractivity contribution in [1.29, 1.82) is 0 Å². The summed E-state index contributed by atoms with van der Waals surface area (Å²) in [6, 6.07) is 15.0. The number of nitrogens with one attached hydrogen (secondary N) is 1. The number of ketones is 1. The fraction of sp³-hybridized carbons (Fsp3) is 0.111. The van der Waals surface area contributed by atoms with Crippen LogP contribution in [0.4, 0.5) is 5.00 Å². The van der Waals surface area contributed by atoms with E-state index >= 15 is 0 Å². The number of carbonyl (C=O) groups excluding carboxylic acids is 4. The number of amides is 2. The molecule has 2 aromatic carbocycles. The van der Waals surface area contributed by atoms with Gasteiger partial charge >= 0.3 is 5.97 Å². The Kier molecular flexibility index (Phi) is 6.67. The summed E-state index contributed by atoms with van der Waals surface area (Å²) in [6.07, 6.45) is 2.50. The molecule has 190 valence electrons. The van der Waals surface area contributed by atoms with E-state index in [9.17, 15) is 24.0 Å². The van der Waals surface area contributed by atoms with Crippen molar-refractivity contribution < 1.29 is 23.9 Å². The summed E-state index contributed by atoms with van der Waals surface area (Å²) in [5, 5.41) is 9.70. The van der Waals surface area contributed by atoms with E-state index in [0.29, 0.717) is 16.1 Å². The number of para-hydroxylation sites is 1. The fourth-order valence-electron chi connectivity index (χ4n) is 4.05. The number of esters is 1. The first-order valence-corrected chi connectivity index (χ1v) is 12.5. The van der Waals surface area contributed by atoms with Crippen LogP contribution in [0.25, 0.3) is 16.5 Å². The summed E-state index contributed by atoms with van der Waals surface area (Å²) >= 11 is 1.15. The SMILES string of the molecule is CCOC(=O)c1nn(-c2ccccc2)c(=O)c2c(N/C=C\C(=O)CN3C(=O)c4ccccc4C3=O)scc12. The second-order valence-corrected chi connectivity index (χ2v) is 9.04. The van der Waals surface area contributed by atoms with Gasteiger partial charge in [0, 0.05) is 17.0 Å². The van der Waals surface area contributed by atoms with Crippen LogP contribution in [0.3, 0.4) is 0 Å². The maximum Gasteiger partial charge on any atom is 0.359 e. The van der Waals surface area contributed by atoms with Crippen LogP contribution in [0, 0.1) is 0 Å². The van der Waals surface area contributed by atoms with Crippen LogP contribution in [0.15, 0.2) is 77.0 Å². The van der Waals surface area contributed by atoms with E-state index in [1.54, 1.807) is 66.9 Å². The summed E-state index contributed by atoms with van der Waals surface area (Å²) in [6.45, 7) is 1.39. The molecule has 3 heterocycles. The summed E-state index contributed by atoms with van der Waals surface area (Å²) < 4.78 is 6.27. The molecule has 0 saturated heterocycles. The summed E-state index contributed by atoms with van der Waals surface area (Å²) in [4.78, 5) is 64.5. The third-order valence-electron chi connectivity index (χ3n) is 5.80. The molecular formula is C27H20N4O6S. The number of nitrogens with zero attached hydrogens (tertiary/aromatic N) is 3. The lowest BCUT2D eigenvalue weighted by Crippen LogP contribution is -2.34. The van der Waals surface area contributed by atoms with Crippen molar-refractivity contribution in [1.82, 2.24) is 14.7 Å². The highest BCUT2D eigenvalue weighted by atomic mass is 32.1. The number of aromatic nitrogens is 2. The van der Waals surface area contributed by atoms with Gasteiger partial charge in [-0.15, -0.1) is 11.3 Å². The molecule has 0 saturated carbocycles. The van der Waals surface area contributed by atoms with Gasteiger partial charge in [-0.1, -0.05) is 30.3 Å². The first-order valence-electron chi connectivity index (χ1n) is 11.6. The van der Waals surface area contributed by atoms with Crippen LogP contribution in [-0.4, -0.2) is 51.4 Å². The van der Waals surface area contributed by atoms with Gasteiger partial charge in [-0.25, -0.2) is 4.79 Å². The van der Waals surface area contributed by atoms with Gasteiger partial charge in [0.15, 0.2) is 11.5 Å². The highest BCUT2D eigenvalue weighted by Gasteiger charge is 2.35. The molecule has 1 aliphatic rings. The van der Waals surface area contributed by atoms with Crippen LogP contribution in [-0.2, 0) is 9.53 Å². The summed E-state index contributed by atoms with van der Waals surface area (Å²) in [5.74, 6) is -2.21. The molecule has 0 atom stereocenters. The third kappa shape index (κ3) is 4.39. The van der Waals surface area contributed by atoms with E-state index in [1.165, 1.54) is 12.3 Å². The minimum atomic E-state index is -0.668. The van der Waals surface area contributed by atoms with Crippen LogP contribution >= 0.6 is 11.3 Å². The monoisotopic (exact) mass is 528 g/mol. The number of benzene rings is 2. The zero-order valence-corrected chi connectivity index (χ0v) is 20.9. The highest BCUT2D eigenvalue weighted by Crippen LogP contribution is 2.30. The van der Waals surface area contributed by atoms with Gasteiger partial charge in [-0.05, 0) is 37.3 Å². The number of fused-ring (bicyclic) bond motifs is 2. The van der Waals surface area contributed by atoms with Gasteiger partial charge < -0.3 is 10.1 Å². The van der Waals surface area contributed by atoms with Crippen molar-refractivity contribution in [3.8, 4) is 5.69 Å². The second kappa shape index (κ2) is 10.2. The van der Waals surface area contributed by atoms with Gasteiger partial charge in [0.2, 0.25) is 0 Å². The molecule has 1 aliphatic heterocycles. The van der Waals surface area contributed by atoms with Crippen molar-refractivity contribution in [2.45, 2.75) is 6.92 Å². The third-order valence-corrected chi connectivity index (χ3v) is 6.71. The Labute approximate surface area is 219 Å². The number of hydrogen-bond donors (Lipinski definition) is 1. The van der Waals surface area contributed by atoms with Gasteiger partial charge in [0.25, 0.3) is 17.4 Å². The number of hydrogen-bond acceptors (Lipinski definition) is 9. The van der Waals surface area contributed by atoms with Crippen molar-refractivity contribution >= 4 is 50.7 Å². The Morgan fingerprint density at radius 1 is 1.00 bits per heavy atom. The Morgan fingerprint density at radius 2 is 1.66 bits per heavy atom. The Bertz CT molecular complexity index is 1650. The highest BCUT2D eigenvalue weighted by molar-refractivity contribution is 7.16. The number of anilines is 1. The zero-order valence-electron chi connectivity index (χ0n) is 20.0. The quantitative estimate of drug-likeness (QED) is 0.209. The average molecular weight is 529 g/mol. The van der Waals surface area contributed by atoms with Crippen molar-refractivity contribution in [3.05, 3.63) is 99.4 Å². The number of ether oxygens (including phenoxy) is 1. The van der Waals surface area contributed by atoms with E-state index < -0.39 is 35.7 Å². The van der Waals surface area contributed by atoms with Crippen LogP contribution < -0.4 is 10.9 Å². The molecule has 0 fully saturated rings. The van der Waals surface area contributed by atoms with Gasteiger partial charge in [0.05, 0.1) is 35.4 Å². The maximum absolute atomic E-state index is 13.4. The molecule has 11 heteroatoms. The lowest BCUT2D eigenvalue weighted by Gasteiger charge is -2.11. The Balaban J connectivity index is 1.41. The van der Waals surface area contributed by atoms with E-state index in [2.05, 4.69) is 10.4 Å². The smallest absolute Gasteiger partial charge is 0.359 e. The molecule has 10 nitrogen and oxygen atoms in total. The topological polar surface area (TPSA) is 128 Å². The lowest BCUT2D eigenvalue weighted by molar-refractivity contribution is -0.114. The van der Waals surface area contributed by atoms with E-state index in [0.717, 1.165) is 20.9 Å². The molecule has 5 rings (SSSR count). The minimum absolute atomic E-state index is 0.0136. The molecule has 4 aromatic rings. The minimum Gasteiger partial charge on any atom is -0.461 e. The Morgan fingerprint density at radius 3 is 2.32 bits per heavy atom. The standard InChI is InChI=1S/C27H20N4O6S/c1-2-37-27(36)22-20-15-38-23(21(20)26(35)31(29-22)16-8-4-3-5-9-16)28-13-12-17(32)14-30-24(33)18-10-6-7-11-19(18)25(30)34/h3-13,15,28H,2,14H2,1H3/b13-12-. The van der Waals surface area contributed by atoms with E-state index in [1.807, 2.05) is 0 Å². The number of carbonyl (C=O) groups is 4. The fourth-order valence-corrected chi connectivity index (χ4v) is 4.97. The number of imide groups is 1. The van der Waals surface area contributed by atoms with Crippen molar-refractivity contribution in [2.24, 2.45) is 0 Å². The maximum atomic E-state index is 13.4. The predicted molar refractivity (Wildman–Crippen MR) is 141 cm³/mol. The van der Waals surface area contributed by atoms with E-state index in [-0.39, 0.29) is 28.8 Å². The summed E-state index contributed by atoms with van der Waals surface area (Å²) in [7, 11) is 0. The summed E-state index contributed by atoms with van der Waals surface area (Å²) in [5.41, 5.74) is 0.513. The van der Waals surface area contributed by atoms with Crippen LogP contribution in [0.2, 0.25) is 0 Å². The number of thiophene rings is 1. The first-order chi connectivity index (χ1) is 18.4. The Hall–Kier alpha value is -4.90. The molecule has 0 aliphatic carbocycles. The molecule has 0 radical (unpaired) electrons. The molecule has 0 unspecified atom stereocenters. The number of rotatable bonds is 8. The molecule has 2 amide bonds. The van der Waals surface area contributed by atoms with Crippen molar-refractivity contribution in [2.75, 3.05) is 18.5 Å². The molecule has 0 spiro atoms. The lowest BCUT2D eigenvalue weighted by atomic mass is 10.1. The van der Waals surface area contributed by atoms with Gasteiger partial charge in [-0.2, -0.15) is 9.78 Å². The largest absolute Gasteiger partial charge is 0.461 e. The van der Waals surface area contributed by atoms with Gasteiger partial charge in [-0.3, -0.25) is 24.1 Å². The normalized spacial score (nSPS) is 12.8. The predicted octanol–water partition coefficient (Wildman–Crippen LogP) is 3.41. The average Bonchev–Trinajstić information content (AvgIpc) is 3.45.